The number of aromatic nitrogens is 1. The lowest BCUT2D eigenvalue weighted by atomic mass is 10.4. The number of alkyl halides is 3. The first kappa shape index (κ1) is 12.9. The van der Waals surface area contributed by atoms with Crippen LogP contribution in [-0.2, 0) is 11.3 Å². The summed E-state index contributed by atoms with van der Waals surface area (Å²) in [5.74, 6) is -1.29. The number of halogens is 3. The molecule has 1 aromatic rings. The van der Waals surface area contributed by atoms with E-state index >= 15 is 0 Å². The lowest BCUT2D eigenvalue weighted by Gasteiger charge is -2.20. The summed E-state index contributed by atoms with van der Waals surface area (Å²) in [6, 6.07) is 0. The molecule has 4 nitrogen and oxygen atoms in total. The second kappa shape index (κ2) is 5.26. The van der Waals surface area contributed by atoms with Crippen LogP contribution in [-0.4, -0.2) is 40.2 Å². The van der Waals surface area contributed by atoms with Gasteiger partial charge in [-0.2, -0.15) is 13.2 Å². The van der Waals surface area contributed by atoms with E-state index in [4.69, 9.17) is 5.11 Å². The van der Waals surface area contributed by atoms with Crippen LogP contribution in [0.2, 0.25) is 0 Å². The van der Waals surface area contributed by atoms with E-state index in [0.717, 1.165) is 4.90 Å². The molecule has 1 N–H and O–H groups in total. The molecule has 90 valence electrons. The molecule has 8 heteroatoms. The van der Waals surface area contributed by atoms with Crippen molar-refractivity contribution in [2.24, 2.45) is 0 Å². The van der Waals surface area contributed by atoms with Gasteiger partial charge in [0.1, 0.15) is 5.01 Å². The highest BCUT2D eigenvalue weighted by atomic mass is 32.1. The van der Waals surface area contributed by atoms with Crippen LogP contribution in [0.5, 0.6) is 0 Å². The number of rotatable bonds is 5. The maximum Gasteiger partial charge on any atom is 0.401 e. The van der Waals surface area contributed by atoms with Gasteiger partial charge in [-0.15, -0.1) is 11.3 Å². The van der Waals surface area contributed by atoms with Gasteiger partial charge in [0.25, 0.3) is 0 Å². The maximum absolute atomic E-state index is 12.1. The number of hydrogen-bond donors (Lipinski definition) is 1. The Balaban J connectivity index is 2.60. The molecule has 0 aliphatic heterocycles. The van der Waals surface area contributed by atoms with E-state index in [9.17, 15) is 18.0 Å². The fourth-order valence-electron chi connectivity index (χ4n) is 1.13. The van der Waals surface area contributed by atoms with Crippen molar-refractivity contribution in [1.82, 2.24) is 9.88 Å². The second-order valence-electron chi connectivity index (χ2n) is 3.08. The molecule has 0 bridgehead atoms. The highest BCUT2D eigenvalue weighted by Gasteiger charge is 2.31. The molecule has 0 saturated heterocycles. The van der Waals surface area contributed by atoms with E-state index in [2.05, 4.69) is 4.98 Å². The third-order valence-corrected chi connectivity index (χ3v) is 2.37. The predicted molar refractivity (Wildman–Crippen MR) is 51.1 cm³/mol. The van der Waals surface area contributed by atoms with Crippen molar-refractivity contribution >= 4 is 17.3 Å². The molecule has 0 fully saturated rings. The zero-order valence-electron chi connectivity index (χ0n) is 8.07. The minimum atomic E-state index is -4.41. The topological polar surface area (TPSA) is 53.4 Å². The summed E-state index contributed by atoms with van der Waals surface area (Å²) in [4.78, 5) is 15.0. The molecule has 0 aliphatic rings. The van der Waals surface area contributed by atoms with E-state index in [0.29, 0.717) is 5.01 Å². The molecule has 0 aliphatic carbocycles. The molecule has 0 saturated carbocycles. The standard InChI is InChI=1S/C8H9F3N2O2S/c9-8(10,11)5-13(4-7(14)15)3-6-12-1-2-16-6/h1-2H,3-5H2,(H,14,15). The molecule has 0 spiro atoms. The van der Waals surface area contributed by atoms with Gasteiger partial charge in [0, 0.05) is 11.6 Å². The minimum Gasteiger partial charge on any atom is -0.480 e. The number of carboxylic acid groups (broad SMARTS) is 1. The molecule has 1 heterocycles. The van der Waals surface area contributed by atoms with Crippen molar-refractivity contribution < 1.29 is 23.1 Å². The Morgan fingerprint density at radius 1 is 1.56 bits per heavy atom. The zero-order valence-corrected chi connectivity index (χ0v) is 8.88. The van der Waals surface area contributed by atoms with Crippen LogP contribution in [0.4, 0.5) is 13.2 Å². The van der Waals surface area contributed by atoms with Crippen molar-refractivity contribution in [2.45, 2.75) is 12.7 Å². The third-order valence-electron chi connectivity index (χ3n) is 1.60. The van der Waals surface area contributed by atoms with Gasteiger partial charge < -0.3 is 5.11 Å². The van der Waals surface area contributed by atoms with E-state index < -0.39 is 25.2 Å². The largest absolute Gasteiger partial charge is 0.480 e. The second-order valence-corrected chi connectivity index (χ2v) is 4.06. The van der Waals surface area contributed by atoms with Gasteiger partial charge >= 0.3 is 12.1 Å². The van der Waals surface area contributed by atoms with Gasteiger partial charge in [0.05, 0.1) is 19.6 Å². The molecule has 0 radical (unpaired) electrons. The molecule has 0 amide bonds. The Hall–Kier alpha value is -1.15. The first-order valence-corrected chi connectivity index (χ1v) is 5.14. The van der Waals surface area contributed by atoms with E-state index in [1.165, 1.54) is 17.5 Å². The van der Waals surface area contributed by atoms with E-state index in [-0.39, 0.29) is 6.54 Å². The van der Waals surface area contributed by atoms with Crippen molar-refractivity contribution in [3.8, 4) is 0 Å². The molecule has 16 heavy (non-hydrogen) atoms. The zero-order chi connectivity index (χ0) is 12.2. The van der Waals surface area contributed by atoms with Crippen LogP contribution in [0, 0.1) is 0 Å². The van der Waals surface area contributed by atoms with Crippen LogP contribution in [0.25, 0.3) is 0 Å². The molecular formula is C8H9F3N2O2S. The Morgan fingerprint density at radius 3 is 2.69 bits per heavy atom. The summed E-state index contributed by atoms with van der Waals surface area (Å²) >= 11 is 1.19. The fourth-order valence-corrected chi connectivity index (χ4v) is 1.79. The van der Waals surface area contributed by atoms with Crippen LogP contribution >= 0.6 is 11.3 Å². The molecule has 0 aromatic carbocycles. The molecule has 1 rings (SSSR count). The first-order chi connectivity index (χ1) is 7.37. The molecule has 0 atom stereocenters. The lowest BCUT2D eigenvalue weighted by Crippen LogP contribution is -2.37. The normalized spacial score (nSPS) is 12.0. The summed E-state index contributed by atoms with van der Waals surface area (Å²) in [5.41, 5.74) is 0. The summed E-state index contributed by atoms with van der Waals surface area (Å²) < 4.78 is 36.4. The predicted octanol–water partition coefficient (Wildman–Crippen LogP) is 1.59. The van der Waals surface area contributed by atoms with Gasteiger partial charge in [-0.3, -0.25) is 9.69 Å². The quantitative estimate of drug-likeness (QED) is 0.867. The number of nitrogens with zero attached hydrogens (tertiary/aromatic N) is 2. The van der Waals surface area contributed by atoms with Gasteiger partial charge in [-0.25, -0.2) is 4.98 Å². The fraction of sp³-hybridized carbons (Fsp3) is 0.500. The van der Waals surface area contributed by atoms with Gasteiger partial charge in [0.15, 0.2) is 0 Å². The van der Waals surface area contributed by atoms with Crippen molar-refractivity contribution in [3.05, 3.63) is 16.6 Å². The monoisotopic (exact) mass is 254 g/mol. The Labute approximate surface area is 93.3 Å². The van der Waals surface area contributed by atoms with E-state index in [1.807, 2.05) is 0 Å². The summed E-state index contributed by atoms with van der Waals surface area (Å²) in [7, 11) is 0. The van der Waals surface area contributed by atoms with Crippen molar-refractivity contribution in [1.29, 1.82) is 0 Å². The molecule has 0 unspecified atom stereocenters. The van der Waals surface area contributed by atoms with Gasteiger partial charge in [-0.1, -0.05) is 0 Å². The minimum absolute atomic E-state index is 0.108. The first-order valence-electron chi connectivity index (χ1n) is 4.26. The van der Waals surface area contributed by atoms with Crippen LogP contribution in [0.1, 0.15) is 5.01 Å². The van der Waals surface area contributed by atoms with Crippen LogP contribution < -0.4 is 0 Å². The maximum atomic E-state index is 12.1. The molecular weight excluding hydrogens is 245 g/mol. The van der Waals surface area contributed by atoms with Gasteiger partial charge in [0.2, 0.25) is 0 Å². The summed E-state index contributed by atoms with van der Waals surface area (Å²) in [6.45, 7) is -2.01. The smallest absolute Gasteiger partial charge is 0.401 e. The summed E-state index contributed by atoms with van der Waals surface area (Å²) in [6.07, 6.45) is -2.95. The number of thiazole rings is 1. The number of carbonyl (C=O) groups is 1. The lowest BCUT2D eigenvalue weighted by molar-refractivity contribution is -0.154. The Bertz CT molecular complexity index is 340. The summed E-state index contributed by atoms with van der Waals surface area (Å²) in [5, 5.41) is 10.6. The van der Waals surface area contributed by atoms with Crippen molar-refractivity contribution in [2.75, 3.05) is 13.1 Å². The average Bonchev–Trinajstić information content (AvgIpc) is 2.51. The Morgan fingerprint density at radius 2 is 2.25 bits per heavy atom. The van der Waals surface area contributed by atoms with Crippen LogP contribution in [0.3, 0.4) is 0 Å². The SMILES string of the molecule is O=C(O)CN(Cc1nccs1)CC(F)(F)F. The van der Waals surface area contributed by atoms with Crippen LogP contribution in [0.15, 0.2) is 11.6 Å². The number of aliphatic carboxylic acids is 1. The van der Waals surface area contributed by atoms with E-state index in [1.54, 1.807) is 5.38 Å². The third kappa shape index (κ3) is 5.08. The number of carboxylic acids is 1. The Kier molecular flexibility index (Phi) is 4.25. The van der Waals surface area contributed by atoms with Gasteiger partial charge in [-0.05, 0) is 0 Å². The average molecular weight is 254 g/mol. The highest BCUT2D eigenvalue weighted by Crippen LogP contribution is 2.18. The van der Waals surface area contributed by atoms with Crippen molar-refractivity contribution in [3.63, 3.8) is 0 Å². The number of hydrogen-bond acceptors (Lipinski definition) is 4. The molecule has 1 aromatic heterocycles. The highest BCUT2D eigenvalue weighted by molar-refractivity contribution is 7.09.